The molecule has 0 spiro atoms. The van der Waals surface area contributed by atoms with Crippen LogP contribution in [0.2, 0.25) is 0 Å². The lowest BCUT2D eigenvalue weighted by atomic mass is 10.4. The van der Waals surface area contributed by atoms with E-state index in [1.807, 2.05) is 18.2 Å². The van der Waals surface area contributed by atoms with E-state index in [0.29, 0.717) is 0 Å². The molecule has 82 valence electrons. The van der Waals surface area contributed by atoms with Gasteiger partial charge in [-0.3, -0.25) is 4.79 Å². The monoisotopic (exact) mass is 300 g/mol. The molecule has 15 heavy (non-hydrogen) atoms. The molecular weight excluding hydrogens is 295 g/mol. The van der Waals surface area contributed by atoms with Crippen LogP contribution >= 0.6 is 55.1 Å². The van der Waals surface area contributed by atoms with Crippen LogP contribution in [0.4, 0.5) is 0 Å². The number of hydrogen-bond acceptors (Lipinski definition) is 4. The van der Waals surface area contributed by atoms with Gasteiger partial charge in [0, 0.05) is 14.7 Å². The van der Waals surface area contributed by atoms with E-state index in [1.165, 1.54) is 11.8 Å². The molecule has 1 N–H and O–H groups in total. The molecular formula is C8H6Cl2O2S3. The largest absolute Gasteiger partial charge is 0.481 e. The van der Waals surface area contributed by atoms with Crippen LogP contribution in [0.5, 0.6) is 0 Å². The van der Waals surface area contributed by atoms with E-state index in [2.05, 4.69) is 0 Å². The van der Waals surface area contributed by atoms with E-state index in [9.17, 15) is 4.79 Å². The Hall–Kier alpha value is 0.320. The highest BCUT2D eigenvalue weighted by Gasteiger charge is 2.07. The predicted molar refractivity (Wildman–Crippen MR) is 68.2 cm³/mol. The zero-order valence-corrected chi connectivity index (χ0v) is 11.2. The molecule has 0 aliphatic heterocycles. The highest BCUT2D eigenvalue weighted by atomic mass is 35.7. The van der Waals surface area contributed by atoms with Crippen LogP contribution in [0.3, 0.4) is 0 Å². The molecule has 0 aliphatic carbocycles. The highest BCUT2D eigenvalue weighted by Crippen LogP contribution is 2.36. The summed E-state index contributed by atoms with van der Waals surface area (Å²) < 4.78 is 0. The maximum atomic E-state index is 10.4. The summed E-state index contributed by atoms with van der Waals surface area (Å²) in [5, 5.41) is 8.57. The van der Waals surface area contributed by atoms with Crippen molar-refractivity contribution in [1.82, 2.24) is 0 Å². The maximum Gasteiger partial charge on any atom is 0.313 e. The lowest BCUT2D eigenvalue weighted by Crippen LogP contribution is -1.97. The van der Waals surface area contributed by atoms with Crippen molar-refractivity contribution in [2.75, 3.05) is 5.75 Å². The Bertz CT molecular complexity index is 360. The molecule has 0 radical (unpaired) electrons. The Kier molecular flexibility index (Phi) is 6.07. The number of halogens is 2. The third kappa shape index (κ3) is 4.36. The minimum Gasteiger partial charge on any atom is -0.481 e. The number of benzene rings is 1. The van der Waals surface area contributed by atoms with Crippen LogP contribution in [0, 0.1) is 0 Å². The minimum absolute atomic E-state index is 0.0147. The molecule has 0 aliphatic rings. The molecule has 0 fully saturated rings. The first-order valence-electron chi connectivity index (χ1n) is 3.73. The van der Waals surface area contributed by atoms with Crippen LogP contribution in [0.15, 0.2) is 32.9 Å². The SMILES string of the molecule is O=C(O)CSc1cc(SCl)ccc1SCl. The molecule has 1 aromatic carbocycles. The Morgan fingerprint density at radius 3 is 2.53 bits per heavy atom. The number of carboxylic acids is 1. The van der Waals surface area contributed by atoms with Crippen LogP contribution in [0.25, 0.3) is 0 Å². The lowest BCUT2D eigenvalue weighted by Gasteiger charge is -2.05. The first-order valence-corrected chi connectivity index (χ1v) is 8.00. The zero-order chi connectivity index (χ0) is 11.3. The van der Waals surface area contributed by atoms with Gasteiger partial charge in [-0.15, -0.1) is 11.8 Å². The van der Waals surface area contributed by atoms with Gasteiger partial charge in [-0.05, 0) is 61.5 Å². The third-order valence-electron chi connectivity index (χ3n) is 1.44. The molecule has 0 saturated heterocycles. The van der Waals surface area contributed by atoms with Crippen LogP contribution < -0.4 is 0 Å². The summed E-state index contributed by atoms with van der Waals surface area (Å²) in [6.45, 7) is 0. The standard InChI is InChI=1S/C8H6Cl2O2S3/c9-14-5-1-2-6(15-10)7(3-5)13-4-8(11)12/h1-3H,4H2,(H,11,12). The minimum atomic E-state index is -0.852. The quantitative estimate of drug-likeness (QED) is 0.818. The third-order valence-corrected chi connectivity index (χ3v) is 4.60. The molecule has 7 heteroatoms. The number of hydrogen-bond donors (Lipinski definition) is 1. The van der Waals surface area contributed by atoms with Gasteiger partial charge in [-0.25, -0.2) is 0 Å². The number of rotatable bonds is 5. The number of aliphatic carboxylic acids is 1. The van der Waals surface area contributed by atoms with Crippen LogP contribution in [-0.2, 0) is 4.79 Å². The van der Waals surface area contributed by atoms with Gasteiger partial charge in [0.05, 0.1) is 5.75 Å². The van der Waals surface area contributed by atoms with Crippen molar-refractivity contribution >= 4 is 61.0 Å². The van der Waals surface area contributed by atoms with Crippen molar-refractivity contribution < 1.29 is 9.90 Å². The topological polar surface area (TPSA) is 37.3 Å². The fourth-order valence-corrected chi connectivity index (χ4v) is 3.29. The summed E-state index contributed by atoms with van der Waals surface area (Å²) in [6, 6.07) is 5.50. The summed E-state index contributed by atoms with van der Waals surface area (Å²) in [4.78, 5) is 13.0. The average molecular weight is 301 g/mol. The van der Waals surface area contributed by atoms with E-state index in [1.54, 1.807) is 0 Å². The number of thioether (sulfide) groups is 1. The molecule has 0 aromatic heterocycles. The predicted octanol–water partition coefficient (Wildman–Crippen LogP) is 4.36. The van der Waals surface area contributed by atoms with E-state index >= 15 is 0 Å². The van der Waals surface area contributed by atoms with Gasteiger partial charge in [0.25, 0.3) is 0 Å². The smallest absolute Gasteiger partial charge is 0.313 e. The molecule has 0 amide bonds. The molecule has 0 bridgehead atoms. The average Bonchev–Trinajstić information content (AvgIpc) is 2.25. The Labute approximate surface area is 109 Å². The van der Waals surface area contributed by atoms with Gasteiger partial charge in [0.2, 0.25) is 0 Å². The van der Waals surface area contributed by atoms with Crippen molar-refractivity contribution in [1.29, 1.82) is 0 Å². The van der Waals surface area contributed by atoms with Gasteiger partial charge < -0.3 is 5.11 Å². The van der Waals surface area contributed by atoms with Crippen molar-refractivity contribution in [2.24, 2.45) is 0 Å². The van der Waals surface area contributed by atoms with Crippen LogP contribution in [-0.4, -0.2) is 16.8 Å². The van der Waals surface area contributed by atoms with Gasteiger partial charge in [0.15, 0.2) is 0 Å². The van der Waals surface area contributed by atoms with Gasteiger partial charge in [0.1, 0.15) is 0 Å². The van der Waals surface area contributed by atoms with E-state index in [-0.39, 0.29) is 5.75 Å². The molecule has 0 atom stereocenters. The normalized spacial score (nSPS) is 10.3. The van der Waals surface area contributed by atoms with Crippen molar-refractivity contribution in [2.45, 2.75) is 14.7 Å². The Morgan fingerprint density at radius 1 is 1.27 bits per heavy atom. The summed E-state index contributed by atoms with van der Waals surface area (Å²) in [5.74, 6) is -0.838. The first-order chi connectivity index (χ1) is 7.17. The lowest BCUT2D eigenvalue weighted by molar-refractivity contribution is -0.133. The van der Waals surface area contributed by atoms with E-state index < -0.39 is 5.97 Å². The van der Waals surface area contributed by atoms with Gasteiger partial charge in [-0.2, -0.15) is 0 Å². The second-order valence-electron chi connectivity index (χ2n) is 2.45. The summed E-state index contributed by atoms with van der Waals surface area (Å²) in [6.07, 6.45) is 0. The van der Waals surface area contributed by atoms with Crippen molar-refractivity contribution in [3.63, 3.8) is 0 Å². The van der Waals surface area contributed by atoms with Crippen LogP contribution in [0.1, 0.15) is 0 Å². The second kappa shape index (κ2) is 6.81. The van der Waals surface area contributed by atoms with E-state index in [0.717, 1.165) is 36.6 Å². The van der Waals surface area contributed by atoms with Crippen molar-refractivity contribution in [3.8, 4) is 0 Å². The fourth-order valence-electron chi connectivity index (χ4n) is 0.852. The molecule has 1 rings (SSSR count). The molecule has 2 nitrogen and oxygen atoms in total. The first kappa shape index (κ1) is 13.4. The summed E-state index contributed by atoms with van der Waals surface area (Å²) in [5.41, 5.74) is 0. The summed E-state index contributed by atoms with van der Waals surface area (Å²) >= 11 is 1.23. The zero-order valence-electron chi connectivity index (χ0n) is 7.28. The molecule has 0 saturated carbocycles. The molecule has 1 aromatic rings. The Morgan fingerprint density at radius 2 is 2.00 bits per heavy atom. The van der Waals surface area contributed by atoms with Gasteiger partial charge >= 0.3 is 5.97 Å². The van der Waals surface area contributed by atoms with E-state index in [4.69, 9.17) is 26.5 Å². The van der Waals surface area contributed by atoms with Gasteiger partial charge in [-0.1, -0.05) is 0 Å². The van der Waals surface area contributed by atoms with Crippen molar-refractivity contribution in [3.05, 3.63) is 18.2 Å². The highest BCUT2D eigenvalue weighted by molar-refractivity contribution is 8.21. The molecule has 0 unspecified atom stereocenters. The number of carboxylic acid groups (broad SMARTS) is 1. The number of carbonyl (C=O) groups is 1. The second-order valence-corrected chi connectivity index (χ2v) is 5.61. The maximum absolute atomic E-state index is 10.4. The summed E-state index contributed by atoms with van der Waals surface area (Å²) in [7, 11) is 13.4. The Balaban J connectivity index is 2.85. The fraction of sp³-hybridized carbons (Fsp3) is 0.125. The molecule has 0 heterocycles.